The molecular weight excluding hydrogens is 228 g/mol. The predicted octanol–water partition coefficient (Wildman–Crippen LogP) is 0.664. The zero-order valence-corrected chi connectivity index (χ0v) is 10.9. The van der Waals surface area contributed by atoms with E-state index >= 15 is 0 Å². The van der Waals surface area contributed by atoms with Crippen molar-refractivity contribution in [1.82, 2.24) is 4.57 Å². The quantitative estimate of drug-likeness (QED) is 0.581. The molecule has 0 amide bonds. The molecule has 0 aromatic carbocycles. The first-order valence-electron chi connectivity index (χ1n) is 5.33. The van der Waals surface area contributed by atoms with Crippen molar-refractivity contribution in [2.75, 3.05) is 5.75 Å². The molecule has 0 aliphatic heterocycles. The van der Waals surface area contributed by atoms with Crippen LogP contribution in [-0.2, 0) is 23.7 Å². The summed E-state index contributed by atoms with van der Waals surface area (Å²) in [6.07, 6.45) is 7.37. The topological polar surface area (TPSA) is 66.0 Å². The number of hydrogen-bond acceptors (Lipinski definition) is 3. The summed E-state index contributed by atoms with van der Waals surface area (Å²) in [6, 6.07) is 0. The molecule has 0 saturated carbocycles. The van der Waals surface area contributed by atoms with Crippen LogP contribution in [0.1, 0.15) is 26.7 Å². The molecule has 0 spiro atoms. The van der Waals surface area contributed by atoms with Crippen LogP contribution in [0.25, 0.3) is 0 Å². The minimum atomic E-state index is -3.94. The third-order valence-corrected chi connectivity index (χ3v) is 2.73. The highest BCUT2D eigenvalue weighted by molar-refractivity contribution is 7.85. The van der Waals surface area contributed by atoms with Gasteiger partial charge in [-0.3, -0.25) is 0 Å². The lowest BCUT2D eigenvalue weighted by Crippen LogP contribution is -2.23. The van der Waals surface area contributed by atoms with E-state index in [0.717, 1.165) is 13.0 Å². The van der Waals surface area contributed by atoms with Crippen LogP contribution in [-0.4, -0.2) is 23.3 Å². The predicted molar refractivity (Wildman–Crippen MR) is 60.8 cm³/mol. The van der Waals surface area contributed by atoms with Crippen LogP contribution in [0.5, 0.6) is 0 Å². The van der Waals surface area contributed by atoms with E-state index in [1.807, 2.05) is 24.7 Å². The van der Waals surface area contributed by atoms with Crippen LogP contribution in [0.4, 0.5) is 0 Å². The monoisotopic (exact) mass is 248 g/mol. The van der Waals surface area contributed by atoms with Gasteiger partial charge in [0, 0.05) is 5.75 Å². The molecule has 6 heteroatoms. The van der Waals surface area contributed by atoms with Crippen LogP contribution in [0.2, 0.25) is 0 Å². The Morgan fingerprint density at radius 3 is 2.19 bits per heavy atom. The first kappa shape index (κ1) is 15.1. The van der Waals surface area contributed by atoms with Crippen LogP contribution in [0.3, 0.4) is 0 Å². The SMILES string of the molecule is CCCCS(=O)(=O)[O-].CCn1cc[n+](C)c1. The normalized spacial score (nSPS) is 10.8. The molecule has 0 bridgehead atoms. The van der Waals surface area contributed by atoms with E-state index in [4.69, 9.17) is 0 Å². The highest BCUT2D eigenvalue weighted by atomic mass is 32.2. The van der Waals surface area contributed by atoms with Gasteiger partial charge in [-0.25, -0.2) is 17.6 Å². The molecule has 16 heavy (non-hydrogen) atoms. The number of aromatic nitrogens is 2. The average Bonchev–Trinajstić information content (AvgIpc) is 2.61. The summed E-state index contributed by atoms with van der Waals surface area (Å²) in [5.74, 6) is -0.219. The van der Waals surface area contributed by atoms with Crippen molar-refractivity contribution in [2.24, 2.45) is 7.05 Å². The minimum Gasteiger partial charge on any atom is -0.748 e. The van der Waals surface area contributed by atoms with Crippen molar-refractivity contribution in [3.63, 3.8) is 0 Å². The summed E-state index contributed by atoms with van der Waals surface area (Å²) in [7, 11) is -1.92. The lowest BCUT2D eigenvalue weighted by atomic mass is 10.4. The first-order chi connectivity index (χ1) is 7.39. The van der Waals surface area contributed by atoms with Gasteiger partial charge in [-0.15, -0.1) is 0 Å². The van der Waals surface area contributed by atoms with Gasteiger partial charge >= 0.3 is 0 Å². The fraction of sp³-hybridized carbons (Fsp3) is 0.700. The summed E-state index contributed by atoms with van der Waals surface area (Å²) in [6.45, 7) is 5.02. The molecule has 0 radical (unpaired) electrons. The van der Waals surface area contributed by atoms with E-state index in [2.05, 4.69) is 24.0 Å². The second-order valence-corrected chi connectivity index (χ2v) is 5.05. The second kappa shape index (κ2) is 7.40. The number of unbranched alkanes of at least 4 members (excludes halogenated alkanes) is 1. The largest absolute Gasteiger partial charge is 0.748 e. The molecule has 5 nitrogen and oxygen atoms in total. The second-order valence-electron chi connectivity index (χ2n) is 3.52. The molecule has 1 aromatic heterocycles. The number of nitrogens with zero attached hydrogens (tertiary/aromatic N) is 2. The molecule has 0 unspecified atom stereocenters. The van der Waals surface area contributed by atoms with Crippen LogP contribution < -0.4 is 4.57 Å². The van der Waals surface area contributed by atoms with Gasteiger partial charge in [0.1, 0.15) is 12.4 Å². The maximum Gasteiger partial charge on any atom is 0.243 e. The molecule has 0 aliphatic carbocycles. The Balaban J connectivity index is 0.000000281. The van der Waals surface area contributed by atoms with Crippen molar-refractivity contribution in [2.45, 2.75) is 33.2 Å². The fourth-order valence-electron chi connectivity index (χ4n) is 1.01. The van der Waals surface area contributed by atoms with Crippen molar-refractivity contribution in [3.8, 4) is 0 Å². The summed E-state index contributed by atoms with van der Waals surface area (Å²) in [5, 5.41) is 0. The van der Waals surface area contributed by atoms with Crippen LogP contribution >= 0.6 is 0 Å². The Labute approximate surface area is 97.5 Å². The van der Waals surface area contributed by atoms with Crippen molar-refractivity contribution >= 4 is 10.1 Å². The maximum absolute atomic E-state index is 9.83. The van der Waals surface area contributed by atoms with Gasteiger partial charge in [0.2, 0.25) is 6.33 Å². The highest BCUT2D eigenvalue weighted by Gasteiger charge is 1.92. The van der Waals surface area contributed by atoms with Gasteiger partial charge in [-0.05, 0) is 13.3 Å². The smallest absolute Gasteiger partial charge is 0.243 e. The molecule has 1 aromatic rings. The molecule has 0 saturated heterocycles. The lowest BCUT2D eigenvalue weighted by molar-refractivity contribution is -0.671. The highest BCUT2D eigenvalue weighted by Crippen LogP contribution is 1.90. The van der Waals surface area contributed by atoms with E-state index in [0.29, 0.717) is 6.42 Å². The van der Waals surface area contributed by atoms with Gasteiger partial charge in [0.05, 0.1) is 23.7 Å². The Morgan fingerprint density at radius 2 is 2.00 bits per heavy atom. The van der Waals surface area contributed by atoms with E-state index in [1.54, 1.807) is 0 Å². The Morgan fingerprint density at radius 1 is 1.38 bits per heavy atom. The van der Waals surface area contributed by atoms with E-state index in [1.165, 1.54) is 0 Å². The van der Waals surface area contributed by atoms with Gasteiger partial charge in [0.15, 0.2) is 0 Å². The van der Waals surface area contributed by atoms with Crippen LogP contribution in [0.15, 0.2) is 18.7 Å². The van der Waals surface area contributed by atoms with Gasteiger partial charge in [-0.1, -0.05) is 13.3 Å². The molecule has 0 N–H and O–H groups in total. The van der Waals surface area contributed by atoms with Gasteiger partial charge in [-0.2, -0.15) is 0 Å². The number of aryl methyl sites for hydroxylation is 2. The van der Waals surface area contributed by atoms with E-state index in [-0.39, 0.29) is 5.75 Å². The Bertz CT molecular complexity index is 385. The average molecular weight is 248 g/mol. The van der Waals surface area contributed by atoms with Crippen molar-refractivity contribution in [3.05, 3.63) is 18.7 Å². The number of rotatable bonds is 4. The first-order valence-corrected chi connectivity index (χ1v) is 6.91. The molecule has 1 rings (SSSR count). The lowest BCUT2D eigenvalue weighted by Gasteiger charge is -2.02. The minimum absolute atomic E-state index is 0.219. The third kappa shape index (κ3) is 8.43. The summed E-state index contributed by atoms with van der Waals surface area (Å²) in [4.78, 5) is 0. The number of imidazole rings is 1. The maximum atomic E-state index is 9.83. The summed E-state index contributed by atoms with van der Waals surface area (Å²) < 4.78 is 33.7. The number of hydrogen-bond donors (Lipinski definition) is 0. The van der Waals surface area contributed by atoms with E-state index in [9.17, 15) is 13.0 Å². The van der Waals surface area contributed by atoms with E-state index < -0.39 is 10.1 Å². The molecule has 1 heterocycles. The van der Waals surface area contributed by atoms with Gasteiger partial charge in [0.25, 0.3) is 0 Å². The molecule has 0 atom stereocenters. The Hall–Kier alpha value is -0.880. The van der Waals surface area contributed by atoms with Gasteiger partial charge < -0.3 is 4.55 Å². The van der Waals surface area contributed by atoms with Crippen molar-refractivity contribution < 1.29 is 17.5 Å². The summed E-state index contributed by atoms with van der Waals surface area (Å²) >= 11 is 0. The summed E-state index contributed by atoms with van der Waals surface area (Å²) in [5.41, 5.74) is 0. The zero-order valence-electron chi connectivity index (χ0n) is 10.1. The zero-order chi connectivity index (χ0) is 12.6. The molecule has 0 aliphatic rings. The third-order valence-electron chi connectivity index (χ3n) is 1.94. The fourth-order valence-corrected chi connectivity index (χ4v) is 1.65. The van der Waals surface area contributed by atoms with Crippen LogP contribution in [0, 0.1) is 0 Å². The standard InChI is InChI=1S/C6H11N2.C4H10O3S/c1-3-8-5-4-7(2)6-8;1-2-3-4-8(5,6)7/h4-6H,3H2,1-2H3;2-4H2,1H3,(H,5,6,7)/q+1;/p-1. The molecule has 94 valence electrons. The Kier molecular flexibility index (Phi) is 7.00. The molecular formula is C10H20N2O3S. The van der Waals surface area contributed by atoms with Crippen molar-refractivity contribution in [1.29, 1.82) is 0 Å². The molecule has 0 fully saturated rings.